The summed E-state index contributed by atoms with van der Waals surface area (Å²) >= 11 is 0. The largest absolute Gasteiger partial charge is 0.456 e. The number of benzene rings is 11. The second kappa shape index (κ2) is 17.3. The average Bonchev–Trinajstić information content (AvgIpc) is 4.21. The van der Waals surface area contributed by atoms with E-state index in [2.05, 4.69) is 197 Å². The molecule has 15 aromatic rings. The van der Waals surface area contributed by atoms with E-state index in [0.717, 1.165) is 77.7 Å². The van der Waals surface area contributed by atoms with Crippen molar-refractivity contribution in [3.63, 3.8) is 0 Å². The Labute approximate surface area is 431 Å². The van der Waals surface area contributed by atoms with Crippen LogP contribution < -0.4 is 0 Å². The molecule has 0 saturated heterocycles. The predicted octanol–water partition coefficient (Wildman–Crippen LogP) is 18.0. The third kappa shape index (κ3) is 7.14. The Morgan fingerprint density at radius 1 is 0.253 bits per heavy atom. The van der Waals surface area contributed by atoms with E-state index in [4.69, 9.17) is 19.4 Å². The van der Waals surface area contributed by atoms with Crippen LogP contribution in [0.25, 0.3) is 144 Å². The van der Waals surface area contributed by atoms with Crippen LogP contribution in [0.2, 0.25) is 0 Å². The third-order valence-electron chi connectivity index (χ3n) is 14.8. The highest BCUT2D eigenvalue weighted by atomic mass is 16.3. The van der Waals surface area contributed by atoms with E-state index in [9.17, 15) is 0 Å². The van der Waals surface area contributed by atoms with Gasteiger partial charge in [-0.15, -0.1) is 0 Å². The van der Waals surface area contributed by atoms with Crippen molar-refractivity contribution < 1.29 is 4.42 Å². The highest BCUT2D eigenvalue weighted by Gasteiger charge is 2.21. The van der Waals surface area contributed by atoms with E-state index in [1.165, 1.54) is 49.3 Å². The zero-order valence-electron chi connectivity index (χ0n) is 40.5. The molecule has 0 aliphatic rings. The van der Waals surface area contributed by atoms with Gasteiger partial charge in [-0.1, -0.05) is 188 Å². The Kier molecular flexibility index (Phi) is 9.78. The number of hydrogen-bond acceptors (Lipinski definition) is 4. The molecule has 0 saturated carbocycles. The van der Waals surface area contributed by atoms with Gasteiger partial charge in [-0.2, -0.15) is 0 Å². The first kappa shape index (κ1) is 42.5. The van der Waals surface area contributed by atoms with Gasteiger partial charge in [0.1, 0.15) is 11.2 Å². The Balaban J connectivity index is 0.911. The van der Waals surface area contributed by atoms with Crippen LogP contribution in [0.15, 0.2) is 265 Å². The fourth-order valence-electron chi connectivity index (χ4n) is 11.2. The van der Waals surface area contributed by atoms with Crippen molar-refractivity contribution >= 4 is 65.6 Å². The molecule has 0 radical (unpaired) electrons. The highest BCUT2D eigenvalue weighted by Crippen LogP contribution is 2.42. The van der Waals surface area contributed by atoms with Crippen molar-refractivity contribution in [2.24, 2.45) is 0 Å². The van der Waals surface area contributed by atoms with Crippen molar-refractivity contribution in [1.29, 1.82) is 0 Å². The maximum absolute atomic E-state index is 6.60. The minimum Gasteiger partial charge on any atom is -0.456 e. The van der Waals surface area contributed by atoms with E-state index in [1.807, 2.05) is 72.8 Å². The minimum absolute atomic E-state index is 0.587. The van der Waals surface area contributed by atoms with E-state index >= 15 is 0 Å². The van der Waals surface area contributed by atoms with E-state index < -0.39 is 0 Å². The number of fused-ring (bicyclic) bond motifs is 9. The second-order valence-electron chi connectivity index (χ2n) is 19.2. The lowest BCUT2D eigenvalue weighted by Gasteiger charge is -2.13. The van der Waals surface area contributed by atoms with Gasteiger partial charge >= 0.3 is 0 Å². The Hall–Kier alpha value is -10.2. The zero-order chi connectivity index (χ0) is 49.4. The fraction of sp³-hybridized carbons (Fsp3) is 0. The van der Waals surface area contributed by atoms with Crippen LogP contribution in [0, 0.1) is 0 Å². The molecule has 350 valence electrons. The third-order valence-corrected chi connectivity index (χ3v) is 14.8. The summed E-state index contributed by atoms with van der Waals surface area (Å²) in [5.74, 6) is 1.82. The van der Waals surface area contributed by atoms with Crippen LogP contribution in [-0.2, 0) is 0 Å². The van der Waals surface area contributed by atoms with E-state index in [-0.39, 0.29) is 0 Å². The molecule has 0 N–H and O–H groups in total. The van der Waals surface area contributed by atoms with E-state index in [1.54, 1.807) is 0 Å². The summed E-state index contributed by atoms with van der Waals surface area (Å²) in [7, 11) is 0. The van der Waals surface area contributed by atoms with Crippen LogP contribution in [0.4, 0.5) is 0 Å². The molecule has 0 fully saturated rings. The van der Waals surface area contributed by atoms with Gasteiger partial charge in [0.25, 0.3) is 0 Å². The molecular weight excluding hydrogens is 915 g/mol. The Bertz CT molecular complexity index is 4630. The van der Waals surface area contributed by atoms with Crippen LogP contribution in [0.5, 0.6) is 0 Å². The second-order valence-corrected chi connectivity index (χ2v) is 19.2. The molecule has 6 heteroatoms. The summed E-state index contributed by atoms with van der Waals surface area (Å²) in [6.07, 6.45) is 0. The number of hydrogen-bond donors (Lipinski definition) is 0. The van der Waals surface area contributed by atoms with E-state index in [0.29, 0.717) is 17.5 Å². The molecule has 15 rings (SSSR count). The summed E-state index contributed by atoms with van der Waals surface area (Å²) in [4.78, 5) is 15.2. The van der Waals surface area contributed by atoms with Crippen LogP contribution >= 0.6 is 0 Å². The highest BCUT2D eigenvalue weighted by molar-refractivity contribution is 6.15. The van der Waals surface area contributed by atoms with Crippen LogP contribution in [0.1, 0.15) is 0 Å². The van der Waals surface area contributed by atoms with Crippen LogP contribution in [-0.4, -0.2) is 24.1 Å². The summed E-state index contributed by atoms with van der Waals surface area (Å²) < 4.78 is 11.5. The van der Waals surface area contributed by atoms with Gasteiger partial charge in [0.05, 0.1) is 22.1 Å². The maximum Gasteiger partial charge on any atom is 0.164 e. The number of rotatable bonds is 8. The van der Waals surface area contributed by atoms with Gasteiger partial charge in [-0.25, -0.2) is 15.0 Å². The average molecular weight is 958 g/mol. The Morgan fingerprint density at radius 2 is 0.720 bits per heavy atom. The molecular formula is C69H43N5O. The monoisotopic (exact) mass is 957 g/mol. The molecule has 4 heterocycles. The van der Waals surface area contributed by atoms with Gasteiger partial charge in [0.2, 0.25) is 0 Å². The molecule has 6 nitrogen and oxygen atoms in total. The van der Waals surface area contributed by atoms with Gasteiger partial charge in [0.15, 0.2) is 17.5 Å². The summed E-state index contributed by atoms with van der Waals surface area (Å²) in [5.41, 5.74) is 18.0. The van der Waals surface area contributed by atoms with Gasteiger partial charge < -0.3 is 13.6 Å². The first-order valence-corrected chi connectivity index (χ1v) is 25.3. The molecule has 4 aromatic heterocycles. The molecule has 0 amide bonds. The molecule has 0 unspecified atom stereocenters. The summed E-state index contributed by atoms with van der Waals surface area (Å²) in [6, 6.07) is 92.6. The quantitative estimate of drug-likeness (QED) is 0.152. The Morgan fingerprint density at radius 3 is 1.37 bits per heavy atom. The maximum atomic E-state index is 6.60. The van der Waals surface area contributed by atoms with Crippen molar-refractivity contribution in [3.05, 3.63) is 261 Å². The SMILES string of the molecule is c1ccc(-c2cccc(-n3c4ccc(-c5ccc6oc7cccc(-c8nc(-c9ccccc9)nc(-c9ccccc9)n8)c7c6c5)cc4c4ccc(-n5c6ccccc6c6cc(-c7ccccc7)ccc65)cc43)c2)cc1. The molecule has 75 heavy (non-hydrogen) atoms. The molecule has 0 atom stereocenters. The topological polar surface area (TPSA) is 61.7 Å². The lowest BCUT2D eigenvalue weighted by atomic mass is 9.99. The lowest BCUT2D eigenvalue weighted by Crippen LogP contribution is -2.00. The van der Waals surface area contributed by atoms with Gasteiger partial charge in [0, 0.05) is 60.4 Å². The van der Waals surface area contributed by atoms with Gasteiger partial charge in [-0.3, -0.25) is 0 Å². The molecule has 0 bridgehead atoms. The van der Waals surface area contributed by atoms with Crippen molar-refractivity contribution in [2.45, 2.75) is 0 Å². The molecule has 11 aromatic carbocycles. The molecule has 0 aliphatic heterocycles. The van der Waals surface area contributed by atoms with Crippen molar-refractivity contribution in [3.8, 4) is 78.9 Å². The first-order chi connectivity index (χ1) is 37.2. The molecule has 0 aliphatic carbocycles. The molecule has 0 spiro atoms. The zero-order valence-corrected chi connectivity index (χ0v) is 40.5. The fourth-order valence-corrected chi connectivity index (χ4v) is 11.2. The van der Waals surface area contributed by atoms with Gasteiger partial charge in [-0.05, 0) is 106 Å². The first-order valence-electron chi connectivity index (χ1n) is 25.3. The number of para-hydroxylation sites is 1. The van der Waals surface area contributed by atoms with Crippen molar-refractivity contribution in [1.82, 2.24) is 24.1 Å². The lowest BCUT2D eigenvalue weighted by molar-refractivity contribution is 0.669. The smallest absolute Gasteiger partial charge is 0.164 e. The summed E-state index contributed by atoms with van der Waals surface area (Å²) in [6.45, 7) is 0. The van der Waals surface area contributed by atoms with Crippen molar-refractivity contribution in [2.75, 3.05) is 0 Å². The number of nitrogens with zero attached hydrogens (tertiary/aromatic N) is 5. The number of aromatic nitrogens is 5. The standard InChI is InChI=1S/C69H43N5O/c1-5-17-44(18-6-1)48-25-15-26-52(39-48)74-62-37-32-50(41-58(62)55-35-34-53(43-63(55)74)73-60-29-14-13-27-54(60)57-40-49(31-36-61(57)73)45-19-7-2-8-20-45)51-33-38-64-59(42-51)66-56(28-16-30-65(66)75-64)69-71-67(46-21-9-3-10-22-46)70-68(72-69)47-23-11-4-12-24-47/h1-43H. The predicted molar refractivity (Wildman–Crippen MR) is 308 cm³/mol. The normalized spacial score (nSPS) is 11.7. The number of furan rings is 1. The summed E-state index contributed by atoms with van der Waals surface area (Å²) in [5, 5.41) is 6.74. The van der Waals surface area contributed by atoms with Crippen LogP contribution in [0.3, 0.4) is 0 Å². The minimum atomic E-state index is 0.587.